The van der Waals surface area contributed by atoms with E-state index in [9.17, 15) is 0 Å². The third-order valence-electron chi connectivity index (χ3n) is 1.58. The fraction of sp³-hybridized carbons (Fsp3) is 0.250. The monoisotopic (exact) mass is 181 g/mol. The van der Waals surface area contributed by atoms with Gasteiger partial charge in [0.1, 0.15) is 0 Å². The Labute approximate surface area is 75.6 Å². The van der Waals surface area contributed by atoms with E-state index in [-0.39, 0.29) is 6.04 Å². The maximum Gasteiger partial charge on any atom is 0.0611 e. The van der Waals surface area contributed by atoms with Crippen molar-refractivity contribution in [1.29, 1.82) is 0 Å². The molecular formula is C8H8ClN3. The molecule has 0 radical (unpaired) electrons. The number of hydrogen-bond donors (Lipinski definition) is 0. The zero-order valence-electron chi connectivity index (χ0n) is 6.61. The van der Waals surface area contributed by atoms with Crippen LogP contribution in [0.15, 0.2) is 29.4 Å². The molecule has 0 saturated heterocycles. The van der Waals surface area contributed by atoms with Gasteiger partial charge in [-0.25, -0.2) is 0 Å². The van der Waals surface area contributed by atoms with Gasteiger partial charge in [-0.15, -0.1) is 0 Å². The second-order valence-electron chi connectivity index (χ2n) is 2.40. The summed E-state index contributed by atoms with van der Waals surface area (Å²) < 4.78 is 0. The maximum absolute atomic E-state index is 8.20. The van der Waals surface area contributed by atoms with Gasteiger partial charge in [0.15, 0.2) is 0 Å². The zero-order valence-corrected chi connectivity index (χ0v) is 7.36. The van der Waals surface area contributed by atoms with Gasteiger partial charge in [0.25, 0.3) is 0 Å². The summed E-state index contributed by atoms with van der Waals surface area (Å²) in [6, 6.07) is 7.13. The first-order valence-electron chi connectivity index (χ1n) is 3.54. The Hall–Kier alpha value is -1.18. The molecule has 62 valence electrons. The van der Waals surface area contributed by atoms with Gasteiger partial charge in [0, 0.05) is 9.93 Å². The van der Waals surface area contributed by atoms with E-state index in [2.05, 4.69) is 10.0 Å². The molecule has 0 heterocycles. The predicted molar refractivity (Wildman–Crippen MR) is 49.0 cm³/mol. The molecule has 0 aliphatic carbocycles. The third kappa shape index (κ3) is 1.91. The van der Waals surface area contributed by atoms with Crippen molar-refractivity contribution in [2.24, 2.45) is 5.11 Å². The number of hydrogen-bond acceptors (Lipinski definition) is 1. The molecule has 0 amide bonds. The highest BCUT2D eigenvalue weighted by Gasteiger charge is 2.05. The molecule has 1 aromatic carbocycles. The fourth-order valence-electron chi connectivity index (χ4n) is 0.954. The molecule has 0 spiro atoms. The summed E-state index contributed by atoms with van der Waals surface area (Å²) in [5.74, 6) is 0. The first-order chi connectivity index (χ1) is 5.75. The van der Waals surface area contributed by atoms with Crippen LogP contribution < -0.4 is 0 Å². The van der Waals surface area contributed by atoms with Gasteiger partial charge in [-0.2, -0.15) is 0 Å². The van der Waals surface area contributed by atoms with Gasteiger partial charge in [0.05, 0.1) is 6.04 Å². The number of rotatable bonds is 2. The Balaban J connectivity index is 3.02. The minimum atomic E-state index is -0.205. The molecule has 0 bridgehead atoms. The van der Waals surface area contributed by atoms with Gasteiger partial charge in [-0.05, 0) is 17.2 Å². The van der Waals surface area contributed by atoms with Gasteiger partial charge < -0.3 is 0 Å². The van der Waals surface area contributed by atoms with Crippen LogP contribution in [0, 0.1) is 0 Å². The SMILES string of the molecule is C[C@@H](N=[N+]=[N-])c1ccccc1Cl. The van der Waals surface area contributed by atoms with Crippen LogP contribution in [-0.2, 0) is 0 Å². The molecule has 0 saturated carbocycles. The van der Waals surface area contributed by atoms with Crippen molar-refractivity contribution < 1.29 is 0 Å². The first kappa shape index (κ1) is 8.91. The van der Waals surface area contributed by atoms with E-state index in [0.29, 0.717) is 5.02 Å². The average Bonchev–Trinajstić information content (AvgIpc) is 2.05. The Morgan fingerprint density at radius 1 is 1.50 bits per heavy atom. The smallest absolute Gasteiger partial charge is 0.0611 e. The highest BCUT2D eigenvalue weighted by atomic mass is 35.5. The van der Waals surface area contributed by atoms with Crippen LogP contribution >= 0.6 is 11.6 Å². The summed E-state index contributed by atoms with van der Waals surface area (Å²) in [5.41, 5.74) is 9.06. The molecule has 1 aromatic rings. The van der Waals surface area contributed by atoms with Crippen molar-refractivity contribution in [3.05, 3.63) is 45.3 Å². The van der Waals surface area contributed by atoms with Crippen molar-refractivity contribution in [2.75, 3.05) is 0 Å². The minimum absolute atomic E-state index is 0.205. The fourth-order valence-corrected chi connectivity index (χ4v) is 1.25. The van der Waals surface area contributed by atoms with E-state index in [0.717, 1.165) is 5.56 Å². The van der Waals surface area contributed by atoms with E-state index in [1.54, 1.807) is 13.0 Å². The third-order valence-corrected chi connectivity index (χ3v) is 1.92. The second-order valence-corrected chi connectivity index (χ2v) is 2.81. The van der Waals surface area contributed by atoms with Crippen molar-refractivity contribution in [3.8, 4) is 0 Å². The van der Waals surface area contributed by atoms with E-state index >= 15 is 0 Å². The maximum atomic E-state index is 8.20. The van der Waals surface area contributed by atoms with Crippen LogP contribution in [0.4, 0.5) is 0 Å². The predicted octanol–water partition coefficient (Wildman–Crippen LogP) is 3.71. The van der Waals surface area contributed by atoms with Crippen LogP contribution in [0.1, 0.15) is 18.5 Å². The lowest BCUT2D eigenvalue weighted by Crippen LogP contribution is -1.88. The summed E-state index contributed by atoms with van der Waals surface area (Å²) in [4.78, 5) is 2.72. The largest absolute Gasteiger partial charge is 0.0861 e. The van der Waals surface area contributed by atoms with Crippen molar-refractivity contribution in [2.45, 2.75) is 13.0 Å². The van der Waals surface area contributed by atoms with Crippen molar-refractivity contribution in [3.63, 3.8) is 0 Å². The number of benzene rings is 1. The lowest BCUT2D eigenvalue weighted by atomic mass is 10.1. The topological polar surface area (TPSA) is 48.8 Å². The normalized spacial score (nSPS) is 11.8. The Kier molecular flexibility index (Phi) is 2.97. The van der Waals surface area contributed by atoms with Gasteiger partial charge in [0.2, 0.25) is 0 Å². The van der Waals surface area contributed by atoms with Crippen LogP contribution in [0.3, 0.4) is 0 Å². The molecule has 1 rings (SSSR count). The van der Waals surface area contributed by atoms with E-state index in [1.165, 1.54) is 0 Å². The van der Waals surface area contributed by atoms with Crippen LogP contribution in [0.5, 0.6) is 0 Å². The Bertz CT molecular complexity index is 318. The van der Waals surface area contributed by atoms with Gasteiger partial charge in [-0.3, -0.25) is 0 Å². The molecule has 0 aliphatic heterocycles. The second kappa shape index (κ2) is 4.00. The first-order valence-corrected chi connectivity index (χ1v) is 3.92. The van der Waals surface area contributed by atoms with Crippen molar-refractivity contribution >= 4 is 11.6 Å². The number of halogens is 1. The summed E-state index contributed by atoms with van der Waals surface area (Å²) >= 11 is 5.87. The van der Waals surface area contributed by atoms with Crippen LogP contribution in [0.25, 0.3) is 10.4 Å². The quantitative estimate of drug-likeness (QED) is 0.379. The van der Waals surface area contributed by atoms with Crippen LogP contribution in [0.2, 0.25) is 5.02 Å². The molecule has 0 aromatic heterocycles. The van der Waals surface area contributed by atoms with Gasteiger partial charge >= 0.3 is 0 Å². The van der Waals surface area contributed by atoms with Crippen molar-refractivity contribution in [1.82, 2.24) is 0 Å². The Morgan fingerprint density at radius 3 is 2.75 bits per heavy atom. The van der Waals surface area contributed by atoms with E-state index in [4.69, 9.17) is 17.1 Å². The molecule has 0 N–H and O–H groups in total. The highest BCUT2D eigenvalue weighted by molar-refractivity contribution is 6.31. The molecule has 1 atom stereocenters. The molecule has 0 fully saturated rings. The van der Waals surface area contributed by atoms with E-state index < -0.39 is 0 Å². The highest BCUT2D eigenvalue weighted by Crippen LogP contribution is 2.24. The summed E-state index contributed by atoms with van der Waals surface area (Å²) in [7, 11) is 0. The van der Waals surface area contributed by atoms with E-state index in [1.807, 2.05) is 18.2 Å². The molecule has 0 aliphatic rings. The lowest BCUT2D eigenvalue weighted by molar-refractivity contribution is 0.808. The average molecular weight is 182 g/mol. The minimum Gasteiger partial charge on any atom is -0.0861 e. The standard InChI is InChI=1S/C8H8ClN3/c1-6(11-12-10)7-4-2-3-5-8(7)9/h2-6H,1H3/t6-/m1/s1. The summed E-state index contributed by atoms with van der Waals surface area (Å²) in [6.45, 7) is 1.81. The molecule has 12 heavy (non-hydrogen) atoms. The van der Waals surface area contributed by atoms with Gasteiger partial charge in [-0.1, -0.05) is 41.8 Å². The molecular weight excluding hydrogens is 174 g/mol. The number of azide groups is 1. The summed E-state index contributed by atoms with van der Waals surface area (Å²) in [5, 5.41) is 4.19. The summed E-state index contributed by atoms with van der Waals surface area (Å²) in [6.07, 6.45) is 0. The zero-order chi connectivity index (χ0) is 8.97. The Morgan fingerprint density at radius 2 is 2.17 bits per heavy atom. The lowest BCUT2D eigenvalue weighted by Gasteiger charge is -2.05. The molecule has 3 nitrogen and oxygen atoms in total. The molecule has 4 heteroatoms. The molecule has 0 unspecified atom stereocenters. The van der Waals surface area contributed by atoms with Crippen LogP contribution in [-0.4, -0.2) is 0 Å². The number of nitrogens with zero attached hydrogens (tertiary/aromatic N) is 3.